The van der Waals surface area contributed by atoms with Crippen molar-refractivity contribution in [3.05, 3.63) is 47.3 Å². The van der Waals surface area contributed by atoms with Crippen LogP contribution in [-0.4, -0.2) is 62.2 Å². The van der Waals surface area contributed by atoms with Crippen LogP contribution in [0.1, 0.15) is 49.1 Å². The van der Waals surface area contributed by atoms with Gasteiger partial charge in [-0.05, 0) is 43.4 Å². The predicted molar refractivity (Wildman–Crippen MR) is 123 cm³/mol. The lowest BCUT2D eigenvalue weighted by molar-refractivity contribution is -0.170. The molecule has 1 aromatic carbocycles. The zero-order chi connectivity index (χ0) is 26.0. The largest absolute Gasteiger partial charge is 0.497 e. The molecule has 1 aliphatic carbocycles. The molecule has 5 N–H and O–H groups in total. The molecule has 1 aliphatic rings. The number of nitrogens with zero attached hydrogens (tertiary/aromatic N) is 1. The summed E-state index contributed by atoms with van der Waals surface area (Å²) in [5.74, 6) is -2.45. The molecule has 2 atom stereocenters. The van der Waals surface area contributed by atoms with Crippen LogP contribution in [0.15, 0.2) is 34.9 Å². The number of benzene rings is 1. The summed E-state index contributed by atoms with van der Waals surface area (Å²) in [6, 6.07) is 10.9. The van der Waals surface area contributed by atoms with E-state index in [9.17, 15) is 14.4 Å². The zero-order valence-electron chi connectivity index (χ0n) is 19.8. The molecule has 0 bridgehead atoms. The third-order valence-corrected chi connectivity index (χ3v) is 5.79. The summed E-state index contributed by atoms with van der Waals surface area (Å²) in [5, 5.41) is 41.5. The zero-order valence-corrected chi connectivity index (χ0v) is 19.8. The second-order valence-corrected chi connectivity index (χ2v) is 8.65. The fourth-order valence-corrected chi connectivity index (χ4v) is 4.07. The van der Waals surface area contributed by atoms with Crippen LogP contribution in [0.2, 0.25) is 0 Å². The maximum atomic E-state index is 10.3. The van der Waals surface area contributed by atoms with Crippen molar-refractivity contribution >= 4 is 17.9 Å². The maximum Gasteiger partial charge on any atom is 0.336 e. The molecule has 0 saturated heterocycles. The van der Waals surface area contributed by atoms with Gasteiger partial charge in [0.25, 0.3) is 0 Å². The number of ether oxygens (including phenoxy) is 1. The van der Waals surface area contributed by atoms with Crippen molar-refractivity contribution in [3.8, 4) is 5.75 Å². The Morgan fingerprint density at radius 3 is 2.37 bits per heavy atom. The van der Waals surface area contributed by atoms with Crippen molar-refractivity contribution in [1.29, 1.82) is 0 Å². The standard InChI is InChI=1S/C18H24N2O2.C6H8O7/c1-13-9-17(22-20-13)11-15-6-4-8-18(15)19-12-14-5-3-7-16(10-14)21-2;7-3(8)1-6(13,5(11)12)2-4(9)10/h3,5,7,9-10,15,18-19H,4,6,8,11-12H2,1-2H3;13H,1-2H2,(H,7,8)(H,9,10)(H,11,12)/t15-,18+;/m0./s1. The number of rotatable bonds is 11. The molecule has 0 aliphatic heterocycles. The smallest absolute Gasteiger partial charge is 0.336 e. The van der Waals surface area contributed by atoms with E-state index < -0.39 is 36.4 Å². The second-order valence-electron chi connectivity index (χ2n) is 8.65. The molecule has 11 nitrogen and oxygen atoms in total. The molecule has 1 fully saturated rings. The topological polar surface area (TPSA) is 179 Å². The number of carboxylic acid groups (broad SMARTS) is 3. The van der Waals surface area contributed by atoms with Crippen molar-refractivity contribution in [1.82, 2.24) is 10.5 Å². The van der Waals surface area contributed by atoms with Crippen molar-refractivity contribution in [2.45, 2.75) is 63.6 Å². The van der Waals surface area contributed by atoms with Gasteiger partial charge in [0.15, 0.2) is 5.60 Å². The second kappa shape index (κ2) is 12.9. The van der Waals surface area contributed by atoms with Gasteiger partial charge in [-0.3, -0.25) is 9.59 Å². The van der Waals surface area contributed by atoms with Crippen LogP contribution in [0, 0.1) is 12.8 Å². The highest BCUT2D eigenvalue weighted by Crippen LogP contribution is 2.29. The Bertz CT molecular complexity index is 988. The van der Waals surface area contributed by atoms with Crippen molar-refractivity contribution in [2.24, 2.45) is 5.92 Å². The Morgan fingerprint density at radius 2 is 1.83 bits per heavy atom. The number of aliphatic carboxylic acids is 3. The molecule has 0 spiro atoms. The Balaban J connectivity index is 0.000000287. The number of nitrogens with one attached hydrogen (secondary N) is 1. The fourth-order valence-electron chi connectivity index (χ4n) is 4.07. The molecule has 1 saturated carbocycles. The minimum absolute atomic E-state index is 0.552. The van der Waals surface area contributed by atoms with E-state index in [2.05, 4.69) is 28.7 Å². The van der Waals surface area contributed by atoms with Gasteiger partial charge in [-0.15, -0.1) is 0 Å². The maximum absolute atomic E-state index is 10.3. The Labute approximate surface area is 202 Å². The number of hydrogen-bond donors (Lipinski definition) is 5. The van der Waals surface area contributed by atoms with Gasteiger partial charge < -0.3 is 35.0 Å². The molecular weight excluding hydrogens is 460 g/mol. The fraction of sp³-hybridized carbons (Fsp3) is 0.500. The summed E-state index contributed by atoms with van der Waals surface area (Å²) < 4.78 is 10.7. The Morgan fingerprint density at radius 1 is 1.14 bits per heavy atom. The van der Waals surface area contributed by atoms with Crippen molar-refractivity contribution in [3.63, 3.8) is 0 Å². The number of aromatic nitrogens is 1. The number of methoxy groups -OCH3 is 1. The molecular formula is C24H32N2O9. The van der Waals surface area contributed by atoms with Gasteiger partial charge in [0.05, 0.1) is 25.6 Å². The monoisotopic (exact) mass is 492 g/mol. The van der Waals surface area contributed by atoms with E-state index in [1.807, 2.05) is 19.1 Å². The number of hydrogen-bond acceptors (Lipinski definition) is 8. The first-order valence-electron chi connectivity index (χ1n) is 11.2. The first kappa shape index (κ1) is 27.8. The van der Waals surface area contributed by atoms with Gasteiger partial charge in [0, 0.05) is 25.1 Å². The van der Waals surface area contributed by atoms with Crippen LogP contribution in [0.3, 0.4) is 0 Å². The van der Waals surface area contributed by atoms with Gasteiger partial charge in [-0.25, -0.2) is 4.79 Å². The quantitative estimate of drug-likeness (QED) is 0.310. The molecule has 0 unspecified atom stereocenters. The van der Waals surface area contributed by atoms with Crippen LogP contribution in [0.5, 0.6) is 5.75 Å². The lowest BCUT2D eigenvalue weighted by atomic mass is 9.96. The number of carboxylic acids is 3. The van der Waals surface area contributed by atoms with Crippen LogP contribution in [-0.2, 0) is 27.3 Å². The van der Waals surface area contributed by atoms with Crippen molar-refractivity contribution in [2.75, 3.05) is 7.11 Å². The van der Waals surface area contributed by atoms with Crippen LogP contribution >= 0.6 is 0 Å². The van der Waals surface area contributed by atoms with Gasteiger partial charge in [-0.1, -0.05) is 23.7 Å². The third-order valence-electron chi connectivity index (χ3n) is 5.79. The van der Waals surface area contributed by atoms with E-state index in [0.29, 0.717) is 12.0 Å². The first-order valence-corrected chi connectivity index (χ1v) is 11.2. The minimum atomic E-state index is -2.74. The highest BCUT2D eigenvalue weighted by Gasteiger charge is 2.40. The summed E-state index contributed by atoms with van der Waals surface area (Å²) in [4.78, 5) is 30.5. The van der Waals surface area contributed by atoms with Crippen LogP contribution in [0.4, 0.5) is 0 Å². The summed E-state index contributed by atoms with van der Waals surface area (Å²) in [6.45, 7) is 2.86. The van der Waals surface area contributed by atoms with Gasteiger partial charge in [-0.2, -0.15) is 0 Å². The van der Waals surface area contributed by atoms with E-state index in [0.717, 1.165) is 30.2 Å². The number of aliphatic hydroxyl groups is 1. The Hall–Kier alpha value is -3.44. The van der Waals surface area contributed by atoms with Gasteiger partial charge in [0.1, 0.15) is 11.5 Å². The molecule has 0 radical (unpaired) electrons. The molecule has 0 amide bonds. The van der Waals surface area contributed by atoms with Gasteiger partial charge in [0.2, 0.25) is 0 Å². The van der Waals surface area contributed by atoms with E-state index in [1.54, 1.807) is 7.11 Å². The highest BCUT2D eigenvalue weighted by atomic mass is 16.5. The van der Waals surface area contributed by atoms with E-state index >= 15 is 0 Å². The van der Waals surface area contributed by atoms with E-state index in [1.165, 1.54) is 24.8 Å². The summed E-state index contributed by atoms with van der Waals surface area (Å²) in [7, 11) is 1.71. The number of aryl methyl sites for hydroxylation is 1. The molecule has 192 valence electrons. The van der Waals surface area contributed by atoms with E-state index in [-0.39, 0.29) is 0 Å². The predicted octanol–water partition coefficient (Wildman–Crippen LogP) is 2.24. The first-order chi connectivity index (χ1) is 16.5. The highest BCUT2D eigenvalue weighted by molar-refractivity contribution is 5.88. The average molecular weight is 493 g/mol. The van der Waals surface area contributed by atoms with Gasteiger partial charge >= 0.3 is 17.9 Å². The summed E-state index contributed by atoms with van der Waals surface area (Å²) in [5.41, 5.74) is -0.508. The summed E-state index contributed by atoms with van der Waals surface area (Å²) >= 11 is 0. The van der Waals surface area contributed by atoms with Crippen molar-refractivity contribution < 1.29 is 44.1 Å². The number of carbonyl (C=O) groups is 3. The van der Waals surface area contributed by atoms with Crippen LogP contribution in [0.25, 0.3) is 0 Å². The molecule has 11 heteroatoms. The minimum Gasteiger partial charge on any atom is -0.497 e. The normalized spacial score (nSPS) is 17.3. The molecule has 1 heterocycles. The SMILES string of the molecule is COc1cccc(CN[C@@H]2CCC[C@H]2Cc2cc(C)no2)c1.O=C(O)CC(O)(CC(=O)O)C(=O)O. The molecule has 2 aromatic rings. The third kappa shape index (κ3) is 9.02. The lowest BCUT2D eigenvalue weighted by Gasteiger charge is -2.20. The lowest BCUT2D eigenvalue weighted by Crippen LogP contribution is -2.42. The molecule has 35 heavy (non-hydrogen) atoms. The molecule has 1 aromatic heterocycles. The van der Waals surface area contributed by atoms with Crippen LogP contribution < -0.4 is 10.1 Å². The van der Waals surface area contributed by atoms with E-state index in [4.69, 9.17) is 29.7 Å². The summed E-state index contributed by atoms with van der Waals surface area (Å²) in [6.07, 6.45) is 2.48. The molecule has 3 rings (SSSR count). The Kier molecular flexibility index (Phi) is 10.2. The average Bonchev–Trinajstić information content (AvgIpc) is 3.40.